The maximum absolute atomic E-state index is 11.9. The molecule has 1 saturated heterocycles. The number of rotatable bonds is 17. The summed E-state index contributed by atoms with van der Waals surface area (Å²) in [6, 6.07) is 7.72. The smallest absolute Gasteiger partial charge is 0.320 e. The Morgan fingerprint density at radius 3 is 1.63 bits per heavy atom. The third-order valence-electron chi connectivity index (χ3n) is 7.59. The number of para-hydroxylation sites is 1. The molecule has 5 atom stereocenters. The van der Waals surface area contributed by atoms with Crippen LogP contribution in [0, 0.1) is 0 Å². The van der Waals surface area contributed by atoms with Gasteiger partial charge < -0.3 is 66.7 Å². The number of hydrogen-bond donors (Lipinski definition) is 11. The summed E-state index contributed by atoms with van der Waals surface area (Å²) >= 11 is 0. The van der Waals surface area contributed by atoms with Crippen molar-refractivity contribution in [2.75, 3.05) is 51.1 Å². The van der Waals surface area contributed by atoms with Crippen LogP contribution in [0.3, 0.4) is 0 Å². The van der Waals surface area contributed by atoms with Crippen molar-refractivity contribution in [3.63, 3.8) is 0 Å². The van der Waals surface area contributed by atoms with Gasteiger partial charge in [-0.1, -0.05) is 31.0 Å². The van der Waals surface area contributed by atoms with Gasteiger partial charge in [-0.15, -0.1) is 0 Å². The Hall–Kier alpha value is -3.72. The lowest BCUT2D eigenvalue weighted by Crippen LogP contribution is -2.60. The number of anilines is 1. The maximum Gasteiger partial charge on any atom is 0.320 e. The topological polar surface area (TPSA) is 350 Å². The van der Waals surface area contributed by atoms with E-state index >= 15 is 0 Å². The summed E-state index contributed by atoms with van der Waals surface area (Å²) in [5, 5.41) is 8.68. The van der Waals surface area contributed by atoms with Crippen molar-refractivity contribution in [3.05, 3.63) is 30.3 Å². The SMILES string of the molecule is CC(=O)C(N)CCCCCN.CC(=O)C(N)CCCN.CC(=O)C(N)CN.CC(=O)CC(N)CN.CC(=O)N1CCNCC1NC(=O)Nc1ccccc1. The molecule has 18 nitrogen and oxygen atoms in total. The zero-order valence-electron chi connectivity index (χ0n) is 33.2. The molecule has 0 aromatic heterocycles. The molecule has 0 radical (unpaired) electrons. The molecule has 1 aliphatic heterocycles. The van der Waals surface area contributed by atoms with Crippen molar-refractivity contribution in [2.45, 2.75) is 110 Å². The number of piperazine rings is 1. The van der Waals surface area contributed by atoms with Gasteiger partial charge in [0.15, 0.2) is 0 Å². The predicted octanol–water partition coefficient (Wildman–Crippen LogP) is -1.24. The summed E-state index contributed by atoms with van der Waals surface area (Å²) in [6.45, 7) is 11.4. The van der Waals surface area contributed by atoms with E-state index in [2.05, 4.69) is 16.0 Å². The van der Waals surface area contributed by atoms with Gasteiger partial charge in [-0.05, 0) is 78.6 Å². The number of ketones is 4. The van der Waals surface area contributed by atoms with E-state index in [0.717, 1.165) is 50.9 Å². The van der Waals surface area contributed by atoms with E-state index in [4.69, 9.17) is 45.9 Å². The zero-order valence-corrected chi connectivity index (χ0v) is 33.2. The molecule has 0 saturated carbocycles. The molecule has 1 fully saturated rings. The Labute approximate surface area is 321 Å². The van der Waals surface area contributed by atoms with Crippen LogP contribution < -0.4 is 61.8 Å². The van der Waals surface area contributed by atoms with E-state index in [1.165, 1.54) is 34.6 Å². The van der Waals surface area contributed by atoms with Gasteiger partial charge in [0, 0.05) is 57.8 Å². The van der Waals surface area contributed by atoms with Gasteiger partial charge >= 0.3 is 6.03 Å². The van der Waals surface area contributed by atoms with Crippen molar-refractivity contribution >= 4 is 40.8 Å². The summed E-state index contributed by atoms with van der Waals surface area (Å²) in [4.78, 5) is 66.6. The number of Topliss-reactive ketones (excluding diaryl/α,β-unsaturated/α-hetero) is 4. The second kappa shape index (κ2) is 35.0. The molecule has 2 rings (SSSR count). The largest absolute Gasteiger partial charge is 0.330 e. The first kappa shape index (κ1) is 54.6. The molecule has 18 heteroatoms. The molecule has 3 amide bonds. The molecular weight excluding hydrogens is 696 g/mol. The van der Waals surface area contributed by atoms with Crippen LogP contribution in [0.15, 0.2) is 30.3 Å². The van der Waals surface area contributed by atoms with E-state index in [1.54, 1.807) is 17.0 Å². The predicted molar refractivity (Wildman–Crippen MR) is 216 cm³/mol. The van der Waals surface area contributed by atoms with Crippen molar-refractivity contribution < 1.29 is 28.8 Å². The summed E-state index contributed by atoms with van der Waals surface area (Å²) in [5.41, 5.74) is 42.8. The number of hydrogen-bond acceptors (Lipinski definition) is 15. The van der Waals surface area contributed by atoms with Crippen LogP contribution in [-0.2, 0) is 24.0 Å². The Balaban J connectivity index is -0.000000643. The minimum absolute atomic E-state index is 0.0356. The minimum atomic E-state index is -0.458. The van der Waals surface area contributed by atoms with E-state index in [-0.39, 0.29) is 65.9 Å². The Bertz CT molecular complexity index is 1180. The molecule has 312 valence electrons. The molecule has 1 aliphatic rings. The fourth-order valence-corrected chi connectivity index (χ4v) is 4.10. The fraction of sp³-hybridized carbons (Fsp3) is 0.667. The first-order chi connectivity index (χ1) is 25.4. The second-order valence-electron chi connectivity index (χ2n) is 12.8. The highest BCUT2D eigenvalue weighted by Gasteiger charge is 2.25. The number of amides is 3. The second-order valence-corrected chi connectivity index (χ2v) is 12.8. The van der Waals surface area contributed by atoms with Crippen molar-refractivity contribution in [1.82, 2.24) is 15.5 Å². The minimum Gasteiger partial charge on any atom is -0.330 e. The normalized spacial score (nSPS) is 15.2. The van der Waals surface area contributed by atoms with Crippen LogP contribution in [0.4, 0.5) is 10.5 Å². The van der Waals surface area contributed by atoms with Crippen LogP contribution in [0.2, 0.25) is 0 Å². The number of unbranched alkanes of at least 4 members (excludes halogenated alkanes) is 2. The van der Waals surface area contributed by atoms with Crippen LogP contribution >= 0.6 is 0 Å². The van der Waals surface area contributed by atoms with Gasteiger partial charge in [0.1, 0.15) is 29.3 Å². The van der Waals surface area contributed by atoms with E-state index < -0.39 is 6.04 Å². The summed E-state index contributed by atoms with van der Waals surface area (Å²) in [5.74, 6) is 0.137. The number of nitrogens with one attached hydrogen (secondary N) is 3. The van der Waals surface area contributed by atoms with Crippen molar-refractivity contribution in [1.29, 1.82) is 0 Å². The number of nitrogens with two attached hydrogens (primary N) is 8. The first-order valence-electron chi connectivity index (χ1n) is 18.3. The highest BCUT2D eigenvalue weighted by Crippen LogP contribution is 2.06. The van der Waals surface area contributed by atoms with Gasteiger partial charge in [0.05, 0.1) is 18.1 Å². The third-order valence-corrected chi connectivity index (χ3v) is 7.59. The van der Waals surface area contributed by atoms with E-state index in [9.17, 15) is 28.8 Å². The average molecular weight is 769 g/mol. The molecule has 54 heavy (non-hydrogen) atoms. The lowest BCUT2D eigenvalue weighted by molar-refractivity contribution is -0.132. The zero-order chi connectivity index (χ0) is 42.1. The van der Waals surface area contributed by atoms with Gasteiger partial charge in [0.2, 0.25) is 5.91 Å². The van der Waals surface area contributed by atoms with Crippen molar-refractivity contribution in [2.24, 2.45) is 45.9 Å². The van der Waals surface area contributed by atoms with Crippen LogP contribution in [-0.4, -0.2) is 116 Å². The first-order valence-corrected chi connectivity index (χ1v) is 18.3. The van der Waals surface area contributed by atoms with Crippen molar-refractivity contribution in [3.8, 4) is 0 Å². The van der Waals surface area contributed by atoms with Gasteiger partial charge in [-0.25, -0.2) is 4.79 Å². The monoisotopic (exact) mass is 769 g/mol. The number of carbonyl (C=O) groups excluding carboxylic acids is 6. The molecule has 0 aliphatic carbocycles. The molecule has 5 unspecified atom stereocenters. The lowest BCUT2D eigenvalue weighted by atomic mass is 10.1. The molecule has 1 heterocycles. The number of benzene rings is 1. The highest BCUT2D eigenvalue weighted by atomic mass is 16.2. The Morgan fingerprint density at radius 1 is 0.722 bits per heavy atom. The number of nitrogens with zero attached hydrogens (tertiary/aromatic N) is 1. The summed E-state index contributed by atoms with van der Waals surface area (Å²) in [7, 11) is 0. The van der Waals surface area contributed by atoms with Crippen LogP contribution in [0.5, 0.6) is 0 Å². The van der Waals surface area contributed by atoms with Gasteiger partial charge in [-0.3, -0.25) is 24.0 Å². The van der Waals surface area contributed by atoms with Gasteiger partial charge in [0.25, 0.3) is 0 Å². The number of urea groups is 1. The number of carbonyl (C=O) groups is 6. The van der Waals surface area contributed by atoms with E-state index in [1.807, 2.05) is 18.2 Å². The summed E-state index contributed by atoms with van der Waals surface area (Å²) in [6.07, 6.45) is 5.56. The Kier molecular flexibility index (Phi) is 35.4. The maximum atomic E-state index is 11.9. The summed E-state index contributed by atoms with van der Waals surface area (Å²) < 4.78 is 0. The van der Waals surface area contributed by atoms with Crippen LogP contribution in [0.1, 0.15) is 79.6 Å². The molecule has 0 spiro atoms. The molecule has 0 bridgehead atoms. The lowest BCUT2D eigenvalue weighted by Gasteiger charge is -2.35. The molecule has 1 aromatic rings. The highest BCUT2D eigenvalue weighted by molar-refractivity contribution is 5.89. The van der Waals surface area contributed by atoms with Gasteiger partial charge in [-0.2, -0.15) is 0 Å². The average Bonchev–Trinajstić information content (AvgIpc) is 3.13. The molecule has 1 aromatic carbocycles. The van der Waals surface area contributed by atoms with Crippen LogP contribution in [0.25, 0.3) is 0 Å². The fourth-order valence-electron chi connectivity index (χ4n) is 4.10. The molecule has 19 N–H and O–H groups in total. The Morgan fingerprint density at radius 2 is 1.24 bits per heavy atom. The standard InChI is InChI=1S/C13H18N4O2.C8H18N2O.C6H14N2O.C5H12N2O.C4H10N2O/c1-10(18)17-8-7-14-9-12(17)16-13(19)15-11-5-3-2-4-6-11;1-7(11)8(10)5-3-2-4-6-9;1-5(9)6(8)3-2-4-7;1-4(8)2-5(7)3-6;1-3(7)4(6)2-5/h2-6,12,14H,7-9H2,1H3,(H2,15,16,19);8H,2-6,9-10H2,1H3;6H,2-4,7-8H2,1H3;5H,2-3,6-7H2,1H3;4H,2,5-6H2,1H3. The van der Waals surface area contributed by atoms with E-state index in [0.29, 0.717) is 39.0 Å². The molecular formula is C36H72N12O6. The quantitative estimate of drug-likeness (QED) is 0.0826. The third kappa shape index (κ3) is 32.9.